The number of nitrogens with zero attached hydrogens (tertiary/aromatic N) is 1. The molecule has 2 aromatic rings. The van der Waals surface area contributed by atoms with E-state index < -0.39 is 11.6 Å². The van der Waals surface area contributed by atoms with Crippen LogP contribution in [-0.2, 0) is 0 Å². The van der Waals surface area contributed by atoms with E-state index in [2.05, 4.69) is 9.97 Å². The van der Waals surface area contributed by atoms with Crippen LogP contribution in [0.3, 0.4) is 0 Å². The van der Waals surface area contributed by atoms with Gasteiger partial charge in [-0.1, -0.05) is 6.07 Å². The summed E-state index contributed by atoms with van der Waals surface area (Å²) < 4.78 is 27.2. The minimum absolute atomic E-state index is 0.148. The molecule has 0 bridgehead atoms. The van der Waals surface area contributed by atoms with Crippen molar-refractivity contribution in [3.05, 3.63) is 46.4 Å². The smallest absolute Gasteiger partial charge is 0.197 e. The van der Waals surface area contributed by atoms with Crippen molar-refractivity contribution >= 4 is 12.2 Å². The van der Waals surface area contributed by atoms with Crippen LogP contribution in [0.25, 0.3) is 11.3 Å². The maximum absolute atomic E-state index is 13.5. The number of H-pyrrole nitrogens is 1. The molecule has 1 N–H and O–H groups in total. The Kier molecular flexibility index (Phi) is 2.78. The number of hydrogen-bond acceptors (Lipinski definition) is 2. The lowest BCUT2D eigenvalue weighted by Gasteiger charge is -2.04. The summed E-state index contributed by atoms with van der Waals surface area (Å²) in [5.74, 6) is -1.29. The van der Waals surface area contributed by atoms with Crippen molar-refractivity contribution in [1.29, 1.82) is 0 Å². The molecule has 0 radical (unpaired) electrons. The normalized spacial score (nSPS) is 10.4. The number of nitrogens with one attached hydrogen (secondary N) is 1. The van der Waals surface area contributed by atoms with Crippen LogP contribution in [-0.4, -0.2) is 9.97 Å². The number of halogens is 2. The van der Waals surface area contributed by atoms with Gasteiger partial charge in [0.05, 0.1) is 11.3 Å². The van der Waals surface area contributed by atoms with Gasteiger partial charge in [-0.15, -0.1) is 0 Å². The summed E-state index contributed by atoms with van der Waals surface area (Å²) in [6.45, 7) is 1.75. The quantitative estimate of drug-likeness (QED) is 0.771. The first-order valence-corrected chi connectivity index (χ1v) is 5.01. The van der Waals surface area contributed by atoms with Gasteiger partial charge in [-0.2, -0.15) is 0 Å². The van der Waals surface area contributed by atoms with Crippen LogP contribution in [0.2, 0.25) is 0 Å². The van der Waals surface area contributed by atoms with Crippen LogP contribution in [0.4, 0.5) is 8.78 Å². The van der Waals surface area contributed by atoms with Crippen LogP contribution >= 0.6 is 12.2 Å². The van der Waals surface area contributed by atoms with Gasteiger partial charge in [-0.3, -0.25) is 0 Å². The van der Waals surface area contributed by atoms with E-state index in [1.807, 2.05) is 0 Å². The van der Waals surface area contributed by atoms with Crippen molar-refractivity contribution < 1.29 is 8.78 Å². The van der Waals surface area contributed by atoms with Crippen molar-refractivity contribution in [3.63, 3.8) is 0 Å². The second kappa shape index (κ2) is 4.09. The molecule has 5 heteroatoms. The molecule has 0 unspecified atom stereocenters. The average molecular weight is 238 g/mol. The van der Waals surface area contributed by atoms with Crippen LogP contribution in [0.15, 0.2) is 24.3 Å². The van der Waals surface area contributed by atoms with Gasteiger partial charge in [0.15, 0.2) is 4.77 Å². The first-order chi connectivity index (χ1) is 7.58. The van der Waals surface area contributed by atoms with E-state index in [1.54, 1.807) is 13.0 Å². The first kappa shape index (κ1) is 10.9. The molecule has 1 heterocycles. The van der Waals surface area contributed by atoms with Gasteiger partial charge < -0.3 is 4.98 Å². The molecule has 2 rings (SSSR count). The Morgan fingerprint density at radius 1 is 1.25 bits per heavy atom. The Morgan fingerprint density at radius 2 is 1.88 bits per heavy atom. The summed E-state index contributed by atoms with van der Waals surface area (Å²) in [6.07, 6.45) is 0. The minimum Gasteiger partial charge on any atom is -0.335 e. The third-order valence-corrected chi connectivity index (χ3v) is 2.29. The van der Waals surface area contributed by atoms with Crippen LogP contribution in [0.1, 0.15) is 5.69 Å². The molecular formula is C11H8F2N2S. The molecule has 0 saturated heterocycles. The van der Waals surface area contributed by atoms with Gasteiger partial charge in [0.1, 0.15) is 11.6 Å². The first-order valence-electron chi connectivity index (χ1n) is 4.60. The van der Waals surface area contributed by atoms with E-state index in [9.17, 15) is 8.78 Å². The van der Waals surface area contributed by atoms with E-state index in [1.165, 1.54) is 18.2 Å². The molecule has 0 aliphatic heterocycles. The Balaban J connectivity index is 2.72. The third-order valence-electron chi connectivity index (χ3n) is 2.10. The highest BCUT2D eigenvalue weighted by molar-refractivity contribution is 7.71. The number of rotatable bonds is 1. The van der Waals surface area contributed by atoms with Crippen LogP contribution < -0.4 is 0 Å². The van der Waals surface area contributed by atoms with E-state index in [0.717, 1.165) is 0 Å². The zero-order valence-electron chi connectivity index (χ0n) is 8.42. The predicted octanol–water partition coefficient (Wildman–Crippen LogP) is 3.39. The van der Waals surface area contributed by atoms with E-state index >= 15 is 0 Å². The average Bonchev–Trinajstić information content (AvgIpc) is 2.15. The Morgan fingerprint density at radius 3 is 2.44 bits per heavy atom. The molecule has 82 valence electrons. The lowest BCUT2D eigenvalue weighted by molar-refractivity contribution is 0.588. The molecule has 0 atom stereocenters. The second-order valence-corrected chi connectivity index (χ2v) is 3.74. The maximum atomic E-state index is 13.5. The highest BCUT2D eigenvalue weighted by Crippen LogP contribution is 2.24. The fourth-order valence-corrected chi connectivity index (χ4v) is 1.71. The van der Waals surface area contributed by atoms with Gasteiger partial charge >= 0.3 is 0 Å². The number of aryl methyl sites for hydroxylation is 1. The summed E-state index contributed by atoms with van der Waals surface area (Å²) in [7, 11) is 0. The number of hydrogen-bond donors (Lipinski definition) is 1. The van der Waals surface area contributed by atoms with Crippen molar-refractivity contribution in [3.8, 4) is 11.3 Å². The van der Waals surface area contributed by atoms with E-state index in [0.29, 0.717) is 5.69 Å². The SMILES string of the molecule is Cc1cc(-c2c(F)cccc2F)nc(=S)[nH]1. The Bertz CT molecular complexity index is 573. The molecule has 0 amide bonds. The lowest BCUT2D eigenvalue weighted by atomic mass is 10.1. The van der Waals surface area contributed by atoms with Gasteiger partial charge in [0, 0.05) is 5.69 Å². The van der Waals surface area contributed by atoms with Gasteiger partial charge in [-0.05, 0) is 37.3 Å². The van der Waals surface area contributed by atoms with Crippen molar-refractivity contribution in [2.75, 3.05) is 0 Å². The van der Waals surface area contributed by atoms with E-state index in [-0.39, 0.29) is 16.0 Å². The Labute approximate surface area is 96.0 Å². The molecule has 0 aliphatic rings. The molecule has 0 fully saturated rings. The fourth-order valence-electron chi connectivity index (χ4n) is 1.45. The topological polar surface area (TPSA) is 28.7 Å². The molecule has 1 aromatic heterocycles. The van der Waals surface area contributed by atoms with Crippen LogP contribution in [0, 0.1) is 23.3 Å². The van der Waals surface area contributed by atoms with Gasteiger partial charge in [-0.25, -0.2) is 13.8 Å². The molecule has 1 aromatic carbocycles. The number of benzene rings is 1. The molecule has 0 spiro atoms. The monoisotopic (exact) mass is 238 g/mol. The lowest BCUT2D eigenvalue weighted by Crippen LogP contribution is -1.95. The predicted molar refractivity (Wildman–Crippen MR) is 59.5 cm³/mol. The highest BCUT2D eigenvalue weighted by atomic mass is 32.1. The minimum atomic E-state index is -0.646. The molecule has 16 heavy (non-hydrogen) atoms. The summed E-state index contributed by atoms with van der Waals surface area (Å²) >= 11 is 4.86. The summed E-state index contributed by atoms with van der Waals surface area (Å²) in [5, 5.41) is 0. The largest absolute Gasteiger partial charge is 0.335 e. The van der Waals surface area contributed by atoms with Gasteiger partial charge in [0.2, 0.25) is 0 Å². The summed E-state index contributed by atoms with van der Waals surface area (Å²) in [4.78, 5) is 6.68. The van der Waals surface area contributed by atoms with Gasteiger partial charge in [0.25, 0.3) is 0 Å². The van der Waals surface area contributed by atoms with Crippen LogP contribution in [0.5, 0.6) is 0 Å². The summed E-state index contributed by atoms with van der Waals surface area (Å²) in [5.41, 5.74) is 0.764. The Hall–Kier alpha value is -1.62. The van der Waals surface area contributed by atoms with E-state index in [4.69, 9.17) is 12.2 Å². The molecular weight excluding hydrogens is 230 g/mol. The summed E-state index contributed by atoms with van der Waals surface area (Å²) in [6, 6.07) is 5.24. The van der Waals surface area contributed by atoms with Crippen molar-refractivity contribution in [2.45, 2.75) is 6.92 Å². The maximum Gasteiger partial charge on any atom is 0.197 e. The zero-order chi connectivity index (χ0) is 11.7. The molecule has 0 saturated carbocycles. The van der Waals surface area contributed by atoms with Crippen molar-refractivity contribution in [2.24, 2.45) is 0 Å². The molecule has 0 aliphatic carbocycles. The third kappa shape index (κ3) is 1.99. The number of aromatic amines is 1. The standard InChI is InChI=1S/C11H8F2N2S/c1-6-5-9(15-11(16)14-6)10-7(12)3-2-4-8(10)13/h2-5H,1H3,(H,14,15,16). The molecule has 2 nitrogen and oxygen atoms in total. The fraction of sp³-hybridized carbons (Fsp3) is 0.0909. The zero-order valence-corrected chi connectivity index (χ0v) is 9.24. The highest BCUT2D eigenvalue weighted by Gasteiger charge is 2.12. The second-order valence-electron chi connectivity index (χ2n) is 3.35. The van der Waals surface area contributed by atoms with Crippen molar-refractivity contribution in [1.82, 2.24) is 9.97 Å². The number of aromatic nitrogens is 2.